The Bertz CT molecular complexity index is 1600. The molecule has 10 heteroatoms. The molecule has 38 heavy (non-hydrogen) atoms. The van der Waals surface area contributed by atoms with E-state index in [2.05, 4.69) is 9.83 Å². The molecule has 2 aliphatic rings. The molecule has 0 spiro atoms. The first-order chi connectivity index (χ1) is 18.3. The summed E-state index contributed by atoms with van der Waals surface area (Å²) in [6.45, 7) is 10.1. The number of fused-ring (bicyclic) bond motifs is 1. The maximum absolute atomic E-state index is 13.6. The smallest absolute Gasteiger partial charge is 0.275 e. The van der Waals surface area contributed by atoms with Crippen LogP contribution in [0, 0.1) is 24.8 Å². The van der Waals surface area contributed by atoms with Gasteiger partial charge in [0.15, 0.2) is 0 Å². The van der Waals surface area contributed by atoms with E-state index in [4.69, 9.17) is 11.3 Å². The number of carbonyl (C=O) groups excluding carboxylic acids is 1. The zero-order valence-electron chi connectivity index (χ0n) is 20.5. The van der Waals surface area contributed by atoms with Gasteiger partial charge < -0.3 is 9.64 Å². The molecule has 0 aliphatic carbocycles. The maximum atomic E-state index is 13.6. The first kappa shape index (κ1) is 25.2. The fourth-order valence-corrected chi connectivity index (χ4v) is 6.21. The van der Waals surface area contributed by atoms with E-state index in [1.165, 1.54) is 21.3 Å². The number of nitrogens with zero attached hydrogens (tertiary/aromatic N) is 5. The standard InChI is InChI=1S/C28H23N5O4S/c1-19-5-7-20(8-6-19)17-32-26-10-9-23(14-24(26)27(28(32)34)25(15-29)30-2)38(35,36)33-13-11-21(33)18-37-22-4-3-12-31-16-22/h3-10,12,14,16,21H,11,13,17-18H2,1H3/b27-25+/t21-/m0/s1. The molecule has 1 fully saturated rings. The predicted molar refractivity (Wildman–Crippen MR) is 140 cm³/mol. The average Bonchev–Trinajstić information content (AvgIpc) is 3.16. The third-order valence-corrected chi connectivity index (χ3v) is 8.62. The quantitative estimate of drug-likeness (QED) is 0.263. The second kappa shape index (κ2) is 10.1. The van der Waals surface area contributed by atoms with Crippen LogP contribution in [0.4, 0.5) is 5.69 Å². The van der Waals surface area contributed by atoms with E-state index >= 15 is 0 Å². The Labute approximate surface area is 221 Å². The first-order valence-corrected chi connectivity index (χ1v) is 13.4. The number of nitriles is 1. The zero-order chi connectivity index (χ0) is 26.9. The Morgan fingerprint density at radius 3 is 2.66 bits per heavy atom. The summed E-state index contributed by atoms with van der Waals surface area (Å²) < 4.78 is 34.2. The summed E-state index contributed by atoms with van der Waals surface area (Å²) in [5.74, 6) is 0.0498. The van der Waals surface area contributed by atoms with Gasteiger partial charge in [-0.25, -0.2) is 18.5 Å². The molecule has 190 valence electrons. The van der Waals surface area contributed by atoms with Crippen LogP contribution >= 0.6 is 0 Å². The van der Waals surface area contributed by atoms with Crippen molar-refractivity contribution in [2.45, 2.75) is 30.8 Å². The number of aromatic nitrogens is 1. The van der Waals surface area contributed by atoms with Crippen LogP contribution in [-0.4, -0.2) is 42.8 Å². The fraction of sp³-hybridized carbons (Fsp3) is 0.214. The van der Waals surface area contributed by atoms with Gasteiger partial charge >= 0.3 is 0 Å². The monoisotopic (exact) mass is 525 g/mol. The number of hydrogen-bond acceptors (Lipinski definition) is 6. The number of benzene rings is 2. The van der Waals surface area contributed by atoms with Crippen molar-refractivity contribution in [3.05, 3.63) is 101 Å². The van der Waals surface area contributed by atoms with Crippen LogP contribution in [0.1, 0.15) is 23.1 Å². The molecule has 2 aliphatic heterocycles. The van der Waals surface area contributed by atoms with E-state index in [0.717, 1.165) is 11.1 Å². The third kappa shape index (κ3) is 4.52. The van der Waals surface area contributed by atoms with Crippen molar-refractivity contribution < 1.29 is 17.9 Å². The number of carbonyl (C=O) groups is 1. The van der Waals surface area contributed by atoms with Crippen molar-refractivity contribution in [1.29, 1.82) is 5.26 Å². The molecule has 0 radical (unpaired) electrons. The van der Waals surface area contributed by atoms with Crippen molar-refractivity contribution in [3.8, 4) is 11.8 Å². The highest BCUT2D eigenvalue weighted by Gasteiger charge is 2.41. The van der Waals surface area contributed by atoms with E-state index in [0.29, 0.717) is 24.4 Å². The summed E-state index contributed by atoms with van der Waals surface area (Å²) in [6.07, 6.45) is 3.84. The Kier molecular flexibility index (Phi) is 6.68. The van der Waals surface area contributed by atoms with Crippen LogP contribution < -0.4 is 9.64 Å². The lowest BCUT2D eigenvalue weighted by atomic mass is 10.1. The number of pyridine rings is 1. The first-order valence-electron chi connectivity index (χ1n) is 11.9. The van der Waals surface area contributed by atoms with Gasteiger partial charge in [-0.05, 0) is 49.2 Å². The van der Waals surface area contributed by atoms with Crippen LogP contribution in [0.15, 0.2) is 77.6 Å². The summed E-state index contributed by atoms with van der Waals surface area (Å²) in [5, 5.41) is 9.55. The van der Waals surface area contributed by atoms with Crippen LogP contribution in [0.25, 0.3) is 10.4 Å². The van der Waals surface area contributed by atoms with E-state index in [-0.39, 0.29) is 40.9 Å². The minimum atomic E-state index is -3.91. The zero-order valence-corrected chi connectivity index (χ0v) is 21.4. The van der Waals surface area contributed by atoms with Gasteiger partial charge in [-0.2, -0.15) is 4.31 Å². The number of hydrogen-bond donors (Lipinski definition) is 0. The largest absolute Gasteiger partial charge is 0.490 e. The molecule has 3 aromatic rings. The molecule has 1 aromatic heterocycles. The van der Waals surface area contributed by atoms with E-state index in [9.17, 15) is 18.5 Å². The Hall–Kier alpha value is -4.51. The van der Waals surface area contributed by atoms with Crippen molar-refractivity contribution in [3.63, 3.8) is 0 Å². The summed E-state index contributed by atoms with van der Waals surface area (Å²) in [6, 6.07) is 17.0. The molecule has 3 heterocycles. The van der Waals surface area contributed by atoms with Crippen molar-refractivity contribution in [2.24, 2.45) is 0 Å². The molecule has 1 saturated heterocycles. The van der Waals surface area contributed by atoms with Crippen LogP contribution in [0.5, 0.6) is 5.75 Å². The van der Waals surface area contributed by atoms with Crippen LogP contribution in [0.3, 0.4) is 0 Å². The highest BCUT2D eigenvalue weighted by atomic mass is 32.2. The molecule has 0 saturated carbocycles. The lowest BCUT2D eigenvalue weighted by Gasteiger charge is -2.39. The third-order valence-electron chi connectivity index (χ3n) is 6.68. The van der Waals surface area contributed by atoms with Gasteiger partial charge in [0.2, 0.25) is 15.9 Å². The predicted octanol–water partition coefficient (Wildman–Crippen LogP) is 3.93. The second-order valence-corrected chi connectivity index (χ2v) is 11.0. The van der Waals surface area contributed by atoms with Gasteiger partial charge in [-0.1, -0.05) is 29.8 Å². The maximum Gasteiger partial charge on any atom is 0.275 e. The normalized spacial score (nSPS) is 18.2. The Balaban J connectivity index is 1.47. The fourth-order valence-electron chi connectivity index (χ4n) is 4.53. The molecule has 0 N–H and O–H groups in total. The molecule has 1 amide bonds. The molecule has 0 bridgehead atoms. The summed E-state index contributed by atoms with van der Waals surface area (Å²) in [4.78, 5) is 22.1. The summed E-state index contributed by atoms with van der Waals surface area (Å²) in [7, 11) is -3.91. The van der Waals surface area contributed by atoms with Crippen LogP contribution in [-0.2, 0) is 21.4 Å². The summed E-state index contributed by atoms with van der Waals surface area (Å²) >= 11 is 0. The number of sulfonamides is 1. The van der Waals surface area contributed by atoms with Crippen molar-refractivity contribution in [2.75, 3.05) is 18.1 Å². The molecule has 2 aromatic carbocycles. The Morgan fingerprint density at radius 1 is 1.24 bits per heavy atom. The topological polar surface area (TPSA) is 108 Å². The second-order valence-electron chi connectivity index (χ2n) is 9.06. The van der Waals surface area contributed by atoms with Crippen molar-refractivity contribution in [1.82, 2.24) is 9.29 Å². The SMILES string of the molecule is [C-]#[N+]/C(C#N)=C1/C(=O)N(Cc2ccc(C)cc2)c2ccc(S(=O)(=O)N3CC[C@H]3COc3cccnc3)cc21. The molecule has 9 nitrogen and oxygen atoms in total. The van der Waals surface area contributed by atoms with Gasteiger partial charge in [-0.15, -0.1) is 0 Å². The minimum absolute atomic E-state index is 0.00733. The highest BCUT2D eigenvalue weighted by molar-refractivity contribution is 7.89. The van der Waals surface area contributed by atoms with Crippen LogP contribution in [0.2, 0.25) is 0 Å². The lowest BCUT2D eigenvalue weighted by molar-refractivity contribution is -0.113. The minimum Gasteiger partial charge on any atom is -0.490 e. The molecule has 1 atom stereocenters. The molecular weight excluding hydrogens is 502 g/mol. The number of allylic oxidation sites excluding steroid dienone is 1. The number of rotatable bonds is 7. The Morgan fingerprint density at radius 2 is 2.03 bits per heavy atom. The van der Waals surface area contributed by atoms with E-state index in [1.807, 2.05) is 31.2 Å². The van der Waals surface area contributed by atoms with E-state index in [1.54, 1.807) is 36.7 Å². The molecule has 0 unspecified atom stereocenters. The van der Waals surface area contributed by atoms with Gasteiger partial charge in [0.05, 0.1) is 47.6 Å². The van der Waals surface area contributed by atoms with Gasteiger partial charge in [-0.3, -0.25) is 9.78 Å². The van der Waals surface area contributed by atoms with E-state index < -0.39 is 15.9 Å². The van der Waals surface area contributed by atoms with Gasteiger partial charge in [0.1, 0.15) is 12.4 Å². The van der Waals surface area contributed by atoms with Crippen molar-refractivity contribution >= 4 is 27.2 Å². The van der Waals surface area contributed by atoms with Gasteiger partial charge in [0.25, 0.3) is 5.70 Å². The lowest BCUT2D eigenvalue weighted by Crippen LogP contribution is -2.53. The molecular formula is C28H23N5O4S. The molecule has 5 rings (SSSR count). The number of ether oxygens (including phenoxy) is 1. The number of anilines is 1. The average molecular weight is 526 g/mol. The number of aryl methyl sites for hydroxylation is 1. The number of amides is 1. The van der Waals surface area contributed by atoms with Gasteiger partial charge in [0, 0.05) is 18.3 Å². The summed E-state index contributed by atoms with van der Waals surface area (Å²) in [5.41, 5.74) is 2.21. The highest BCUT2D eigenvalue weighted by Crippen LogP contribution is 2.42.